The van der Waals surface area contributed by atoms with Gasteiger partial charge in [-0.2, -0.15) is 0 Å². The van der Waals surface area contributed by atoms with Crippen LogP contribution in [0.25, 0.3) is 0 Å². The lowest BCUT2D eigenvalue weighted by Crippen LogP contribution is -2.45. The molecule has 3 N–H and O–H groups in total. The van der Waals surface area contributed by atoms with E-state index in [0.717, 1.165) is 23.5 Å². The van der Waals surface area contributed by atoms with Crippen LogP contribution < -0.4 is 25.4 Å². The number of ether oxygens (including phenoxy) is 2. The molecule has 7 nitrogen and oxygen atoms in total. The van der Waals surface area contributed by atoms with Crippen molar-refractivity contribution in [2.24, 2.45) is 4.99 Å². The fourth-order valence-electron chi connectivity index (χ4n) is 2.97. The van der Waals surface area contributed by atoms with E-state index in [0.29, 0.717) is 19.0 Å². The molecule has 148 valence electrons. The van der Waals surface area contributed by atoms with Crippen molar-refractivity contribution in [3.8, 4) is 11.5 Å². The predicted molar refractivity (Wildman–Crippen MR) is 109 cm³/mol. The number of hydrogen-bond donors (Lipinski definition) is 3. The van der Waals surface area contributed by atoms with E-state index in [9.17, 15) is 4.79 Å². The summed E-state index contributed by atoms with van der Waals surface area (Å²) in [6, 6.07) is 15.6. The first kappa shape index (κ1) is 19.5. The molecule has 1 aliphatic heterocycles. The van der Waals surface area contributed by atoms with E-state index in [4.69, 9.17) is 9.47 Å². The average Bonchev–Trinajstić information content (AvgIpc) is 3.15. The van der Waals surface area contributed by atoms with Crippen molar-refractivity contribution in [1.82, 2.24) is 16.0 Å². The van der Waals surface area contributed by atoms with Crippen LogP contribution in [0.4, 0.5) is 0 Å². The van der Waals surface area contributed by atoms with E-state index in [1.807, 2.05) is 42.5 Å². The highest BCUT2D eigenvalue weighted by Crippen LogP contribution is 2.27. The zero-order chi connectivity index (χ0) is 19.8. The van der Waals surface area contributed by atoms with Crippen molar-refractivity contribution >= 4 is 11.9 Å². The molecule has 0 aromatic heterocycles. The maximum atomic E-state index is 12.1. The van der Waals surface area contributed by atoms with Crippen LogP contribution in [0.5, 0.6) is 11.5 Å². The molecule has 0 saturated heterocycles. The van der Waals surface area contributed by atoms with E-state index < -0.39 is 0 Å². The minimum absolute atomic E-state index is 0.0554. The summed E-state index contributed by atoms with van der Waals surface area (Å²) < 4.78 is 11.0. The van der Waals surface area contributed by atoms with Gasteiger partial charge in [-0.15, -0.1) is 0 Å². The van der Waals surface area contributed by atoms with Gasteiger partial charge in [0.1, 0.15) is 17.6 Å². The summed E-state index contributed by atoms with van der Waals surface area (Å²) in [4.78, 5) is 16.2. The highest BCUT2D eigenvalue weighted by atomic mass is 16.5. The Morgan fingerprint density at radius 3 is 2.64 bits per heavy atom. The lowest BCUT2D eigenvalue weighted by Gasteiger charge is -2.15. The van der Waals surface area contributed by atoms with Crippen LogP contribution in [0, 0.1) is 0 Å². The van der Waals surface area contributed by atoms with Gasteiger partial charge in [0, 0.05) is 20.0 Å². The molecule has 0 fully saturated rings. The van der Waals surface area contributed by atoms with Gasteiger partial charge in [0.25, 0.3) is 0 Å². The molecule has 7 heteroatoms. The second-order valence-corrected chi connectivity index (χ2v) is 6.48. The summed E-state index contributed by atoms with van der Waals surface area (Å²) in [5.74, 6) is 2.19. The maximum absolute atomic E-state index is 12.1. The zero-order valence-electron chi connectivity index (χ0n) is 16.2. The van der Waals surface area contributed by atoms with Gasteiger partial charge in [-0.25, -0.2) is 0 Å². The Hall–Kier alpha value is -3.22. The summed E-state index contributed by atoms with van der Waals surface area (Å²) in [5.41, 5.74) is 2.23. The molecule has 0 bridgehead atoms. The lowest BCUT2D eigenvalue weighted by atomic mass is 10.1. The minimum atomic E-state index is -0.108. The van der Waals surface area contributed by atoms with E-state index in [-0.39, 0.29) is 18.6 Å². The smallest absolute Gasteiger partial charge is 0.239 e. The number of nitrogens with one attached hydrogen (secondary N) is 3. The van der Waals surface area contributed by atoms with Crippen LogP contribution in [0.1, 0.15) is 11.1 Å². The van der Waals surface area contributed by atoms with Gasteiger partial charge in [-0.3, -0.25) is 9.79 Å². The van der Waals surface area contributed by atoms with Crippen LogP contribution in [-0.4, -0.2) is 45.2 Å². The summed E-state index contributed by atoms with van der Waals surface area (Å²) >= 11 is 0. The van der Waals surface area contributed by atoms with Crippen molar-refractivity contribution in [3.63, 3.8) is 0 Å². The highest BCUT2D eigenvalue weighted by Gasteiger charge is 2.22. The highest BCUT2D eigenvalue weighted by molar-refractivity contribution is 5.86. The number of carbonyl (C=O) groups is 1. The van der Waals surface area contributed by atoms with Crippen LogP contribution in [0.2, 0.25) is 0 Å². The molecule has 2 aromatic carbocycles. The van der Waals surface area contributed by atoms with Crippen molar-refractivity contribution in [2.45, 2.75) is 19.1 Å². The number of rotatable bonds is 7. The van der Waals surface area contributed by atoms with Crippen LogP contribution >= 0.6 is 0 Å². The molecule has 1 amide bonds. The lowest BCUT2D eigenvalue weighted by molar-refractivity contribution is -0.120. The largest absolute Gasteiger partial charge is 0.497 e. The Kier molecular flexibility index (Phi) is 6.73. The van der Waals surface area contributed by atoms with Crippen LogP contribution in [0.3, 0.4) is 0 Å². The summed E-state index contributed by atoms with van der Waals surface area (Å²) in [5, 5.41) is 9.10. The van der Waals surface area contributed by atoms with Gasteiger partial charge >= 0.3 is 0 Å². The molecule has 0 radical (unpaired) electrons. The topological polar surface area (TPSA) is 84.0 Å². The van der Waals surface area contributed by atoms with E-state index >= 15 is 0 Å². The number of amides is 1. The molecule has 2 aromatic rings. The molecule has 1 unspecified atom stereocenters. The third-order valence-corrected chi connectivity index (χ3v) is 4.50. The quantitative estimate of drug-likeness (QED) is 0.499. The summed E-state index contributed by atoms with van der Waals surface area (Å²) in [6.07, 6.45) is 0.919. The Bertz CT molecular complexity index is 796. The predicted octanol–water partition coefficient (Wildman–Crippen LogP) is 1.48. The first-order chi connectivity index (χ1) is 13.7. The fourth-order valence-corrected chi connectivity index (χ4v) is 2.97. The van der Waals surface area contributed by atoms with E-state index in [1.165, 1.54) is 5.56 Å². The maximum Gasteiger partial charge on any atom is 0.239 e. The molecule has 28 heavy (non-hydrogen) atoms. The molecular formula is C21H26N4O3. The van der Waals surface area contributed by atoms with Gasteiger partial charge in [0.15, 0.2) is 5.96 Å². The number of para-hydroxylation sites is 1. The van der Waals surface area contributed by atoms with Crippen molar-refractivity contribution in [3.05, 3.63) is 59.7 Å². The Morgan fingerprint density at radius 1 is 1.14 bits per heavy atom. The molecule has 0 aliphatic carbocycles. The van der Waals surface area contributed by atoms with Gasteiger partial charge in [-0.1, -0.05) is 30.3 Å². The average molecular weight is 382 g/mol. The van der Waals surface area contributed by atoms with Gasteiger partial charge < -0.3 is 25.4 Å². The number of nitrogens with zero attached hydrogens (tertiary/aromatic N) is 1. The van der Waals surface area contributed by atoms with Crippen LogP contribution in [0.15, 0.2) is 53.5 Å². The second kappa shape index (κ2) is 9.64. The summed E-state index contributed by atoms with van der Waals surface area (Å²) in [7, 11) is 3.30. The normalized spacial score (nSPS) is 15.4. The SMILES string of the molecule is CN=C(NCC(=O)NCc1ccc(OC)cc1)NCC1Cc2ccccc2O1. The molecule has 1 atom stereocenters. The van der Waals surface area contributed by atoms with Gasteiger partial charge in [0.05, 0.1) is 20.2 Å². The molecule has 1 aliphatic rings. The first-order valence-electron chi connectivity index (χ1n) is 9.26. The number of guanidine groups is 1. The number of methoxy groups -OCH3 is 1. The molecule has 0 spiro atoms. The monoisotopic (exact) mass is 382 g/mol. The summed E-state index contributed by atoms with van der Waals surface area (Å²) in [6.45, 7) is 1.22. The number of hydrogen-bond acceptors (Lipinski definition) is 4. The Labute approximate surface area is 165 Å². The Morgan fingerprint density at radius 2 is 1.93 bits per heavy atom. The number of fused-ring (bicyclic) bond motifs is 1. The standard InChI is InChI=1S/C21H26N4O3/c1-22-21(24-13-18-11-16-5-3-4-6-19(16)28-18)25-14-20(26)23-12-15-7-9-17(27-2)10-8-15/h3-10,18H,11-14H2,1-2H3,(H,23,26)(H2,22,24,25). The fraction of sp³-hybridized carbons (Fsp3) is 0.333. The van der Waals surface area contributed by atoms with Crippen molar-refractivity contribution < 1.29 is 14.3 Å². The second-order valence-electron chi connectivity index (χ2n) is 6.48. The van der Waals surface area contributed by atoms with E-state index in [1.54, 1.807) is 14.2 Å². The van der Waals surface area contributed by atoms with E-state index in [2.05, 4.69) is 27.0 Å². The molecule has 3 rings (SSSR count). The van der Waals surface area contributed by atoms with Crippen molar-refractivity contribution in [1.29, 1.82) is 0 Å². The van der Waals surface area contributed by atoms with Gasteiger partial charge in [-0.05, 0) is 29.3 Å². The zero-order valence-corrected chi connectivity index (χ0v) is 16.2. The number of aliphatic imine (C=N–C) groups is 1. The number of benzene rings is 2. The van der Waals surface area contributed by atoms with Crippen LogP contribution in [-0.2, 0) is 17.8 Å². The van der Waals surface area contributed by atoms with Crippen molar-refractivity contribution in [2.75, 3.05) is 27.2 Å². The molecule has 0 saturated carbocycles. The number of carbonyl (C=O) groups excluding carboxylic acids is 1. The first-order valence-corrected chi connectivity index (χ1v) is 9.26. The third kappa shape index (κ3) is 5.39. The molecular weight excluding hydrogens is 356 g/mol. The third-order valence-electron chi connectivity index (χ3n) is 4.50. The van der Waals surface area contributed by atoms with Gasteiger partial charge in [0.2, 0.25) is 5.91 Å². The Balaban J connectivity index is 1.36. The molecule has 1 heterocycles. The minimum Gasteiger partial charge on any atom is -0.497 e.